The fourth-order valence-electron chi connectivity index (χ4n) is 4.52. The van der Waals surface area contributed by atoms with E-state index >= 15 is 0 Å². The van der Waals surface area contributed by atoms with E-state index in [1.165, 1.54) is 0 Å². The van der Waals surface area contributed by atoms with Gasteiger partial charge in [-0.25, -0.2) is 0 Å². The number of hydrogen-bond acceptors (Lipinski definition) is 3. The van der Waals surface area contributed by atoms with Gasteiger partial charge in [-0.05, 0) is 44.9 Å². The van der Waals surface area contributed by atoms with Crippen molar-refractivity contribution in [2.24, 2.45) is 0 Å². The number of aromatic nitrogens is 1. The van der Waals surface area contributed by atoms with E-state index < -0.39 is 0 Å². The first-order valence-corrected chi connectivity index (χ1v) is 10.1. The van der Waals surface area contributed by atoms with Crippen LogP contribution >= 0.6 is 12.4 Å². The minimum atomic E-state index is 0. The molecule has 7 heteroatoms. The van der Waals surface area contributed by atoms with Gasteiger partial charge in [0, 0.05) is 49.3 Å². The zero-order valence-electron chi connectivity index (χ0n) is 17.1. The molecule has 1 atom stereocenters. The fourth-order valence-corrected chi connectivity index (χ4v) is 4.52. The van der Waals surface area contributed by atoms with Crippen molar-refractivity contribution in [2.45, 2.75) is 32.7 Å². The van der Waals surface area contributed by atoms with Crippen molar-refractivity contribution in [3.63, 3.8) is 0 Å². The van der Waals surface area contributed by atoms with Gasteiger partial charge in [-0.1, -0.05) is 18.2 Å². The van der Waals surface area contributed by atoms with E-state index in [1.54, 1.807) is 0 Å². The molecule has 0 bridgehead atoms. The van der Waals surface area contributed by atoms with Crippen LogP contribution in [-0.2, 0) is 4.79 Å². The molecule has 1 unspecified atom stereocenters. The second-order valence-electron chi connectivity index (χ2n) is 7.77. The maximum atomic E-state index is 13.3. The van der Waals surface area contributed by atoms with E-state index in [4.69, 9.17) is 0 Å². The number of carbonyl (C=O) groups is 2. The predicted molar refractivity (Wildman–Crippen MR) is 116 cm³/mol. The van der Waals surface area contributed by atoms with Crippen molar-refractivity contribution in [3.8, 4) is 5.69 Å². The fraction of sp³-hybridized carbons (Fsp3) is 0.455. The number of rotatable bonds is 3. The number of aryl methyl sites for hydroxylation is 1. The van der Waals surface area contributed by atoms with Crippen molar-refractivity contribution in [1.82, 2.24) is 19.7 Å². The highest BCUT2D eigenvalue weighted by Crippen LogP contribution is 2.24. The monoisotopic (exact) mass is 416 g/mol. The van der Waals surface area contributed by atoms with Crippen LogP contribution in [-0.4, -0.2) is 64.9 Å². The second kappa shape index (κ2) is 9.01. The molecule has 6 nitrogen and oxygen atoms in total. The number of halogens is 1. The molecule has 2 aliphatic rings. The highest BCUT2D eigenvalue weighted by Gasteiger charge is 2.32. The van der Waals surface area contributed by atoms with E-state index in [2.05, 4.69) is 22.0 Å². The Morgan fingerprint density at radius 1 is 1.14 bits per heavy atom. The Balaban J connectivity index is 0.00000240. The zero-order chi connectivity index (χ0) is 19.7. The van der Waals surface area contributed by atoms with Crippen LogP contribution in [0.5, 0.6) is 0 Å². The van der Waals surface area contributed by atoms with Crippen molar-refractivity contribution in [1.29, 1.82) is 0 Å². The van der Waals surface area contributed by atoms with Crippen molar-refractivity contribution >= 4 is 24.2 Å². The Morgan fingerprint density at radius 2 is 1.90 bits per heavy atom. The molecule has 0 radical (unpaired) electrons. The number of nitrogens with one attached hydrogen (secondary N) is 1. The average molecular weight is 417 g/mol. The number of likely N-dealkylation sites (tertiary alicyclic amines) is 1. The molecule has 0 aliphatic carbocycles. The highest BCUT2D eigenvalue weighted by molar-refractivity contribution is 5.96. The number of piperazine rings is 1. The summed E-state index contributed by atoms with van der Waals surface area (Å²) in [4.78, 5) is 29.5. The summed E-state index contributed by atoms with van der Waals surface area (Å²) >= 11 is 0. The smallest absolute Gasteiger partial charge is 0.255 e. The van der Waals surface area contributed by atoms with Crippen LogP contribution in [0.25, 0.3) is 5.69 Å². The number of piperidine rings is 1. The van der Waals surface area contributed by atoms with Crippen LogP contribution in [0.4, 0.5) is 0 Å². The first-order chi connectivity index (χ1) is 13.6. The van der Waals surface area contributed by atoms with Gasteiger partial charge in [0.05, 0.1) is 12.1 Å². The number of carbonyl (C=O) groups excluding carboxylic acids is 2. The van der Waals surface area contributed by atoms with Gasteiger partial charge >= 0.3 is 0 Å². The topological polar surface area (TPSA) is 57.6 Å². The van der Waals surface area contributed by atoms with E-state index in [0.29, 0.717) is 13.1 Å². The van der Waals surface area contributed by atoms with Gasteiger partial charge in [0.15, 0.2) is 0 Å². The number of amides is 2. The molecule has 0 saturated carbocycles. The Kier molecular flexibility index (Phi) is 6.65. The number of para-hydroxylation sites is 1. The van der Waals surface area contributed by atoms with Crippen LogP contribution in [0.1, 0.15) is 34.6 Å². The maximum absolute atomic E-state index is 13.3. The number of hydrogen-bond donors (Lipinski definition) is 1. The van der Waals surface area contributed by atoms with E-state index in [9.17, 15) is 9.59 Å². The van der Waals surface area contributed by atoms with Gasteiger partial charge in [0.25, 0.3) is 5.91 Å². The molecular formula is C22H29ClN4O2. The standard InChI is InChI=1S/C22H28N4O2.ClH/c1-16-13-20(17(2)26(16)18-7-4-3-5-8-18)22(28)24-11-6-9-19(15-24)25-12-10-23-14-21(25)27;/h3-5,7-8,13,19,23H,6,9-12,14-15H2,1-2H3;1H. The van der Waals surface area contributed by atoms with Gasteiger partial charge in [0.2, 0.25) is 5.91 Å². The lowest BCUT2D eigenvalue weighted by atomic mass is 10.0. The van der Waals surface area contributed by atoms with Crippen molar-refractivity contribution in [3.05, 3.63) is 53.3 Å². The zero-order valence-corrected chi connectivity index (χ0v) is 17.9. The highest BCUT2D eigenvalue weighted by atomic mass is 35.5. The van der Waals surface area contributed by atoms with E-state index in [1.807, 2.05) is 47.9 Å². The Labute approximate surface area is 178 Å². The third-order valence-electron chi connectivity index (χ3n) is 5.93. The number of nitrogens with zero attached hydrogens (tertiary/aromatic N) is 3. The molecule has 2 fully saturated rings. The normalized spacial score (nSPS) is 19.8. The van der Waals surface area contributed by atoms with E-state index in [-0.39, 0.29) is 30.3 Å². The summed E-state index contributed by atoms with van der Waals surface area (Å²) in [5.41, 5.74) is 3.85. The predicted octanol–water partition coefficient (Wildman–Crippen LogP) is 2.55. The maximum Gasteiger partial charge on any atom is 0.255 e. The minimum absolute atomic E-state index is 0. The lowest BCUT2D eigenvalue weighted by molar-refractivity contribution is -0.135. The van der Waals surface area contributed by atoms with Gasteiger partial charge in [-0.3, -0.25) is 9.59 Å². The molecule has 1 aromatic heterocycles. The summed E-state index contributed by atoms with van der Waals surface area (Å²) in [6.07, 6.45) is 1.91. The molecule has 2 aromatic rings. The average Bonchev–Trinajstić information content (AvgIpc) is 3.02. The molecule has 2 amide bonds. The number of benzene rings is 1. The lowest BCUT2D eigenvalue weighted by Gasteiger charge is -2.41. The summed E-state index contributed by atoms with van der Waals surface area (Å²) in [5.74, 6) is 0.218. The minimum Gasteiger partial charge on any atom is -0.337 e. The third-order valence-corrected chi connectivity index (χ3v) is 5.93. The first kappa shape index (κ1) is 21.4. The van der Waals surface area contributed by atoms with Crippen LogP contribution < -0.4 is 5.32 Å². The van der Waals surface area contributed by atoms with Crippen LogP contribution in [0, 0.1) is 13.8 Å². The van der Waals surface area contributed by atoms with Crippen LogP contribution in [0.2, 0.25) is 0 Å². The van der Waals surface area contributed by atoms with Gasteiger partial charge in [0.1, 0.15) is 0 Å². The summed E-state index contributed by atoms with van der Waals surface area (Å²) < 4.78 is 2.13. The molecule has 0 spiro atoms. The summed E-state index contributed by atoms with van der Waals surface area (Å²) in [7, 11) is 0. The molecule has 2 saturated heterocycles. The summed E-state index contributed by atoms with van der Waals surface area (Å²) in [5, 5.41) is 3.12. The molecule has 2 aliphatic heterocycles. The Bertz CT molecular complexity index is 880. The molecule has 156 valence electrons. The molecule has 1 N–H and O–H groups in total. The largest absolute Gasteiger partial charge is 0.337 e. The molecule has 3 heterocycles. The third kappa shape index (κ3) is 4.19. The SMILES string of the molecule is Cc1cc(C(=O)N2CCCC(N3CCNCC3=O)C2)c(C)n1-c1ccccc1.Cl. The van der Waals surface area contributed by atoms with E-state index in [0.717, 1.165) is 55.1 Å². The molecule has 4 rings (SSSR count). The summed E-state index contributed by atoms with van der Waals surface area (Å²) in [6, 6.07) is 12.2. The lowest BCUT2D eigenvalue weighted by Crippen LogP contribution is -2.57. The van der Waals surface area contributed by atoms with Crippen LogP contribution in [0.3, 0.4) is 0 Å². The van der Waals surface area contributed by atoms with Gasteiger partial charge in [-0.2, -0.15) is 0 Å². The summed E-state index contributed by atoms with van der Waals surface area (Å²) in [6.45, 7) is 7.39. The molecular weight excluding hydrogens is 388 g/mol. The molecule has 29 heavy (non-hydrogen) atoms. The second-order valence-corrected chi connectivity index (χ2v) is 7.77. The Hall–Kier alpha value is -2.31. The van der Waals surface area contributed by atoms with Crippen molar-refractivity contribution < 1.29 is 9.59 Å². The van der Waals surface area contributed by atoms with Gasteiger partial charge in [-0.15, -0.1) is 12.4 Å². The quantitative estimate of drug-likeness (QED) is 0.836. The van der Waals surface area contributed by atoms with Crippen LogP contribution in [0.15, 0.2) is 36.4 Å². The first-order valence-electron chi connectivity index (χ1n) is 10.1. The Morgan fingerprint density at radius 3 is 2.62 bits per heavy atom. The molecule has 1 aromatic carbocycles. The van der Waals surface area contributed by atoms with Crippen molar-refractivity contribution in [2.75, 3.05) is 32.7 Å². The van der Waals surface area contributed by atoms with Gasteiger partial charge < -0.3 is 19.7 Å².